The molecule has 1 N–H and O–H groups in total. The Morgan fingerprint density at radius 1 is 1.26 bits per heavy atom. The molecular formula is C20H18ClF2NO3. The lowest BCUT2D eigenvalue weighted by atomic mass is 10.1. The Bertz CT molecular complexity index is 997. The minimum Gasteiger partial charge on any atom is -0.495 e. The summed E-state index contributed by atoms with van der Waals surface area (Å²) in [5, 5.41) is 10.4. The first-order valence-corrected chi connectivity index (χ1v) is 8.63. The van der Waals surface area contributed by atoms with Crippen molar-refractivity contribution >= 4 is 28.5 Å². The van der Waals surface area contributed by atoms with Crippen LogP contribution in [-0.4, -0.2) is 22.8 Å². The van der Waals surface area contributed by atoms with Crippen LogP contribution in [0.1, 0.15) is 28.8 Å². The molecule has 0 atom stereocenters. The fraction of sp³-hybridized carbons (Fsp3) is 0.250. The van der Waals surface area contributed by atoms with Gasteiger partial charge in [0.15, 0.2) is 0 Å². The molecule has 0 fully saturated rings. The van der Waals surface area contributed by atoms with Crippen molar-refractivity contribution in [3.63, 3.8) is 0 Å². The number of benzene rings is 2. The van der Waals surface area contributed by atoms with Crippen LogP contribution in [0.4, 0.5) is 8.78 Å². The van der Waals surface area contributed by atoms with Crippen LogP contribution in [0.2, 0.25) is 5.02 Å². The molecule has 0 saturated carbocycles. The highest BCUT2D eigenvalue weighted by atomic mass is 35.5. The summed E-state index contributed by atoms with van der Waals surface area (Å²) in [5.41, 5.74) is 3.03. The van der Waals surface area contributed by atoms with Crippen LogP contribution in [0.3, 0.4) is 0 Å². The maximum Gasteiger partial charge on any atom is 0.307 e. The Morgan fingerprint density at radius 2 is 1.93 bits per heavy atom. The van der Waals surface area contributed by atoms with E-state index in [0.29, 0.717) is 22.9 Å². The summed E-state index contributed by atoms with van der Waals surface area (Å²) in [6.45, 7) is 2.25. The van der Waals surface area contributed by atoms with E-state index in [-0.39, 0.29) is 12.0 Å². The van der Waals surface area contributed by atoms with E-state index in [1.165, 1.54) is 19.2 Å². The average Bonchev–Trinajstić information content (AvgIpc) is 2.86. The lowest BCUT2D eigenvalue weighted by Gasteiger charge is -2.11. The number of nitrogens with zero attached hydrogens (tertiary/aromatic N) is 1. The van der Waals surface area contributed by atoms with Crippen LogP contribution in [0, 0.1) is 6.92 Å². The van der Waals surface area contributed by atoms with E-state index in [9.17, 15) is 18.7 Å². The second kappa shape index (κ2) is 7.56. The zero-order valence-corrected chi connectivity index (χ0v) is 15.6. The highest BCUT2D eigenvalue weighted by Gasteiger charge is 2.19. The number of hydrogen-bond acceptors (Lipinski definition) is 2. The van der Waals surface area contributed by atoms with Crippen molar-refractivity contribution in [3.8, 4) is 5.75 Å². The number of alkyl halides is 2. The quantitative estimate of drug-likeness (QED) is 0.624. The normalized spacial score (nSPS) is 11.3. The molecule has 142 valence electrons. The summed E-state index contributed by atoms with van der Waals surface area (Å²) in [6.07, 6.45) is -2.65. The van der Waals surface area contributed by atoms with Crippen molar-refractivity contribution < 1.29 is 23.4 Å². The Hall–Kier alpha value is -2.60. The predicted molar refractivity (Wildman–Crippen MR) is 100 cm³/mol. The molecule has 0 aliphatic heterocycles. The van der Waals surface area contributed by atoms with E-state index in [1.807, 2.05) is 11.5 Å². The van der Waals surface area contributed by atoms with E-state index >= 15 is 0 Å². The SMILES string of the molecule is COc1cc2c(CC(=O)O)c(C)n(Cc3ccc(C(F)F)cc3)c2cc1Cl. The van der Waals surface area contributed by atoms with Crippen LogP contribution in [-0.2, 0) is 17.8 Å². The average molecular weight is 394 g/mol. The summed E-state index contributed by atoms with van der Waals surface area (Å²) in [7, 11) is 1.50. The molecule has 27 heavy (non-hydrogen) atoms. The number of hydrogen-bond donors (Lipinski definition) is 1. The summed E-state index contributed by atoms with van der Waals surface area (Å²) in [5.74, 6) is -0.471. The monoisotopic (exact) mass is 393 g/mol. The molecule has 0 radical (unpaired) electrons. The third-order valence-corrected chi connectivity index (χ3v) is 4.92. The van der Waals surface area contributed by atoms with E-state index < -0.39 is 12.4 Å². The first kappa shape index (κ1) is 19.2. The zero-order chi connectivity index (χ0) is 19.7. The van der Waals surface area contributed by atoms with Crippen LogP contribution in [0.25, 0.3) is 10.9 Å². The van der Waals surface area contributed by atoms with E-state index in [2.05, 4.69) is 0 Å². The first-order valence-electron chi connectivity index (χ1n) is 8.25. The molecule has 7 heteroatoms. The molecule has 0 saturated heterocycles. The molecule has 0 aliphatic rings. The third-order valence-electron chi connectivity index (χ3n) is 4.63. The third kappa shape index (κ3) is 3.76. The van der Waals surface area contributed by atoms with Gasteiger partial charge in [-0.2, -0.15) is 0 Å². The standard InChI is InChI=1S/C20H18ClF2NO3/c1-11-14(8-19(25)26)15-7-18(27-2)16(21)9-17(15)24(11)10-12-3-5-13(6-4-12)20(22)23/h3-7,9,20H,8,10H2,1-2H3,(H,25,26). The topological polar surface area (TPSA) is 51.5 Å². The van der Waals surface area contributed by atoms with Crippen molar-refractivity contribution in [3.05, 3.63) is 63.8 Å². The summed E-state index contributed by atoms with van der Waals surface area (Å²) in [6, 6.07) is 9.56. The second-order valence-corrected chi connectivity index (χ2v) is 6.67. The number of halogens is 3. The van der Waals surface area contributed by atoms with E-state index in [4.69, 9.17) is 16.3 Å². The molecule has 1 aromatic heterocycles. The van der Waals surface area contributed by atoms with Crippen molar-refractivity contribution in [2.45, 2.75) is 26.3 Å². The van der Waals surface area contributed by atoms with Gasteiger partial charge in [-0.05, 0) is 30.2 Å². The fourth-order valence-electron chi connectivity index (χ4n) is 3.23. The summed E-state index contributed by atoms with van der Waals surface area (Å²) >= 11 is 6.26. The minimum absolute atomic E-state index is 0.0350. The number of aromatic nitrogens is 1. The van der Waals surface area contributed by atoms with E-state index in [0.717, 1.165) is 22.2 Å². The van der Waals surface area contributed by atoms with Crippen LogP contribution < -0.4 is 4.74 Å². The summed E-state index contributed by atoms with van der Waals surface area (Å²) in [4.78, 5) is 11.3. The van der Waals surface area contributed by atoms with Crippen molar-refractivity contribution in [2.75, 3.05) is 7.11 Å². The van der Waals surface area contributed by atoms with Crippen LogP contribution in [0.15, 0.2) is 36.4 Å². The minimum atomic E-state index is -2.51. The number of fused-ring (bicyclic) bond motifs is 1. The van der Waals surface area contributed by atoms with Gasteiger partial charge < -0.3 is 14.4 Å². The predicted octanol–water partition coefficient (Wildman–Crippen LogP) is 5.22. The first-order chi connectivity index (χ1) is 12.8. The highest BCUT2D eigenvalue weighted by Crippen LogP contribution is 2.35. The fourth-order valence-corrected chi connectivity index (χ4v) is 3.47. The molecule has 4 nitrogen and oxygen atoms in total. The number of methoxy groups -OCH3 is 1. The van der Waals surface area contributed by atoms with Crippen LogP contribution >= 0.6 is 11.6 Å². The van der Waals surface area contributed by atoms with Crippen LogP contribution in [0.5, 0.6) is 5.75 Å². The molecule has 3 aromatic rings. The number of carboxylic acids is 1. The van der Waals surface area contributed by atoms with E-state index in [1.54, 1.807) is 24.3 Å². The molecule has 0 aliphatic carbocycles. The molecule has 0 spiro atoms. The van der Waals surface area contributed by atoms with Gasteiger partial charge in [0.2, 0.25) is 0 Å². The number of aliphatic carboxylic acids is 1. The molecule has 1 heterocycles. The lowest BCUT2D eigenvalue weighted by molar-refractivity contribution is -0.136. The van der Waals surface area contributed by atoms with Crippen molar-refractivity contribution in [2.24, 2.45) is 0 Å². The van der Waals surface area contributed by atoms with Crippen molar-refractivity contribution in [1.29, 1.82) is 0 Å². The smallest absolute Gasteiger partial charge is 0.307 e. The zero-order valence-electron chi connectivity index (χ0n) is 14.8. The number of carboxylic acid groups (broad SMARTS) is 1. The van der Waals surface area contributed by atoms with Crippen molar-refractivity contribution in [1.82, 2.24) is 4.57 Å². The number of carbonyl (C=O) groups is 1. The van der Waals surface area contributed by atoms with Gasteiger partial charge in [0.1, 0.15) is 5.75 Å². The summed E-state index contributed by atoms with van der Waals surface area (Å²) < 4.78 is 32.7. The largest absolute Gasteiger partial charge is 0.495 e. The molecule has 0 bridgehead atoms. The molecule has 3 rings (SSSR count). The number of rotatable bonds is 6. The molecule has 2 aromatic carbocycles. The number of ether oxygens (including phenoxy) is 1. The molecule has 0 unspecified atom stereocenters. The van der Waals surface area contributed by atoms with Gasteiger partial charge in [-0.3, -0.25) is 4.79 Å². The lowest BCUT2D eigenvalue weighted by Crippen LogP contribution is -2.05. The Labute approximate surface area is 159 Å². The van der Waals surface area contributed by atoms with Gasteiger partial charge in [0, 0.05) is 23.2 Å². The van der Waals surface area contributed by atoms with Gasteiger partial charge in [-0.15, -0.1) is 0 Å². The van der Waals surface area contributed by atoms with Gasteiger partial charge in [0.05, 0.1) is 24.1 Å². The Balaban J connectivity index is 2.12. The van der Waals surface area contributed by atoms with Gasteiger partial charge in [-0.25, -0.2) is 8.78 Å². The molecule has 0 amide bonds. The van der Waals surface area contributed by atoms with Gasteiger partial charge >= 0.3 is 5.97 Å². The maximum absolute atomic E-state index is 12.8. The molecular weight excluding hydrogens is 376 g/mol. The highest BCUT2D eigenvalue weighted by molar-refractivity contribution is 6.32. The maximum atomic E-state index is 12.8. The Morgan fingerprint density at radius 3 is 2.48 bits per heavy atom. The van der Waals surface area contributed by atoms with Gasteiger partial charge in [-0.1, -0.05) is 35.9 Å². The van der Waals surface area contributed by atoms with Gasteiger partial charge in [0.25, 0.3) is 6.43 Å². The Kier molecular flexibility index (Phi) is 5.37. The second-order valence-electron chi connectivity index (χ2n) is 6.27.